The summed E-state index contributed by atoms with van der Waals surface area (Å²) >= 11 is 3.45. The third-order valence-corrected chi connectivity index (χ3v) is 4.35. The van der Waals surface area contributed by atoms with E-state index in [0.29, 0.717) is 0 Å². The summed E-state index contributed by atoms with van der Waals surface area (Å²) < 4.78 is 0.948. The van der Waals surface area contributed by atoms with E-state index < -0.39 is 0 Å². The maximum atomic E-state index is 12.6. The first kappa shape index (κ1) is 17.5. The Morgan fingerprint density at radius 3 is 2.60 bits per heavy atom. The van der Waals surface area contributed by atoms with Crippen LogP contribution in [0.3, 0.4) is 0 Å². The summed E-state index contributed by atoms with van der Waals surface area (Å²) in [5.41, 5.74) is 7.93. The van der Waals surface area contributed by atoms with Crippen LogP contribution in [-0.2, 0) is 0 Å². The van der Waals surface area contributed by atoms with Gasteiger partial charge in [0.2, 0.25) is 0 Å². The van der Waals surface area contributed by atoms with Crippen LogP contribution >= 0.6 is 28.3 Å². The molecular formula is C15H22BrClN2O. The number of aryl methyl sites for hydroxylation is 1. The van der Waals surface area contributed by atoms with Gasteiger partial charge in [-0.15, -0.1) is 12.4 Å². The maximum Gasteiger partial charge on any atom is 0.253 e. The minimum atomic E-state index is -0.0189. The molecule has 1 aromatic rings. The van der Waals surface area contributed by atoms with Gasteiger partial charge in [-0.1, -0.05) is 29.8 Å². The van der Waals surface area contributed by atoms with Gasteiger partial charge in [0.15, 0.2) is 0 Å². The fourth-order valence-electron chi connectivity index (χ4n) is 2.59. The highest BCUT2D eigenvalue weighted by Gasteiger charge is 2.35. The van der Waals surface area contributed by atoms with Crippen LogP contribution in [0.2, 0.25) is 0 Å². The second kappa shape index (κ2) is 6.46. The number of carbonyl (C=O) groups is 1. The van der Waals surface area contributed by atoms with Gasteiger partial charge in [0.05, 0.1) is 0 Å². The predicted octanol–water partition coefficient (Wildman–Crippen LogP) is 3.38. The van der Waals surface area contributed by atoms with E-state index in [0.717, 1.165) is 35.1 Å². The van der Waals surface area contributed by atoms with Crippen molar-refractivity contribution in [3.8, 4) is 0 Å². The molecule has 2 rings (SSSR count). The van der Waals surface area contributed by atoms with Gasteiger partial charge in [-0.25, -0.2) is 0 Å². The van der Waals surface area contributed by atoms with Crippen molar-refractivity contribution in [1.29, 1.82) is 0 Å². The average molecular weight is 362 g/mol. The molecule has 5 heteroatoms. The molecule has 0 saturated carbocycles. The lowest BCUT2D eigenvalue weighted by atomic mass is 9.79. The number of nitrogens with zero attached hydrogens (tertiary/aromatic N) is 1. The van der Waals surface area contributed by atoms with Crippen LogP contribution < -0.4 is 5.73 Å². The smallest absolute Gasteiger partial charge is 0.253 e. The first-order valence-corrected chi connectivity index (χ1v) is 7.41. The van der Waals surface area contributed by atoms with Crippen LogP contribution in [0.25, 0.3) is 0 Å². The fraction of sp³-hybridized carbons (Fsp3) is 0.533. The third-order valence-electron chi connectivity index (χ3n) is 3.89. The number of halogens is 2. The Bertz CT molecular complexity index is 484. The normalized spacial score (nSPS) is 21.2. The molecule has 1 amide bonds. The summed E-state index contributed by atoms with van der Waals surface area (Å²) in [6.45, 7) is 7.72. The average Bonchev–Trinajstić information content (AvgIpc) is 2.30. The Hall–Kier alpha value is -0.580. The highest BCUT2D eigenvalue weighted by Crippen LogP contribution is 2.29. The molecule has 0 aliphatic carbocycles. The second-order valence-electron chi connectivity index (χ2n) is 6.13. The molecule has 1 atom stereocenters. The van der Waals surface area contributed by atoms with Crippen LogP contribution in [-0.4, -0.2) is 29.9 Å². The summed E-state index contributed by atoms with van der Waals surface area (Å²) in [4.78, 5) is 14.5. The summed E-state index contributed by atoms with van der Waals surface area (Å²) in [5, 5.41) is 0. The molecule has 3 nitrogen and oxygen atoms in total. The van der Waals surface area contributed by atoms with E-state index >= 15 is 0 Å². The van der Waals surface area contributed by atoms with E-state index in [1.807, 2.05) is 30.0 Å². The van der Waals surface area contributed by atoms with E-state index in [1.165, 1.54) is 0 Å². The van der Waals surface area contributed by atoms with Crippen molar-refractivity contribution in [2.24, 2.45) is 11.1 Å². The number of rotatable bonds is 1. The van der Waals surface area contributed by atoms with Gasteiger partial charge >= 0.3 is 0 Å². The van der Waals surface area contributed by atoms with Crippen molar-refractivity contribution in [1.82, 2.24) is 4.90 Å². The van der Waals surface area contributed by atoms with Gasteiger partial charge in [-0.2, -0.15) is 0 Å². The highest BCUT2D eigenvalue weighted by molar-refractivity contribution is 9.10. The molecule has 1 aliphatic rings. The van der Waals surface area contributed by atoms with Crippen molar-refractivity contribution < 1.29 is 4.79 Å². The highest BCUT2D eigenvalue weighted by atomic mass is 79.9. The molecule has 1 fully saturated rings. The van der Waals surface area contributed by atoms with E-state index in [1.54, 1.807) is 0 Å². The van der Waals surface area contributed by atoms with Crippen LogP contribution in [0.5, 0.6) is 0 Å². The van der Waals surface area contributed by atoms with Gasteiger partial charge in [0, 0.05) is 29.2 Å². The van der Waals surface area contributed by atoms with E-state index in [4.69, 9.17) is 5.73 Å². The van der Waals surface area contributed by atoms with Crippen LogP contribution in [0.1, 0.15) is 36.2 Å². The van der Waals surface area contributed by atoms with Crippen LogP contribution in [0.4, 0.5) is 0 Å². The zero-order chi connectivity index (χ0) is 14.2. The van der Waals surface area contributed by atoms with Crippen LogP contribution in [0.15, 0.2) is 22.7 Å². The maximum absolute atomic E-state index is 12.6. The Balaban J connectivity index is 0.00000200. The zero-order valence-electron chi connectivity index (χ0n) is 12.1. The molecule has 1 heterocycles. The van der Waals surface area contributed by atoms with Crippen molar-refractivity contribution in [3.05, 3.63) is 33.8 Å². The molecule has 1 saturated heterocycles. The molecule has 1 aromatic carbocycles. The standard InChI is InChI=1S/C15H21BrN2O.ClH/c1-10-6-11(8-12(16)7-10)14(19)18-5-4-13(17)15(2,3)9-18;/h6-8,13H,4-5,9,17H2,1-3H3;1H. The quantitative estimate of drug-likeness (QED) is 0.833. The number of hydrogen-bond acceptors (Lipinski definition) is 2. The topological polar surface area (TPSA) is 46.3 Å². The summed E-state index contributed by atoms with van der Waals surface area (Å²) in [6, 6.07) is 6.00. The van der Waals surface area contributed by atoms with Crippen molar-refractivity contribution >= 4 is 34.2 Å². The summed E-state index contributed by atoms with van der Waals surface area (Å²) in [5.74, 6) is 0.101. The molecule has 0 radical (unpaired) electrons. The SMILES string of the molecule is Cc1cc(Br)cc(C(=O)N2CCC(N)C(C)(C)C2)c1.Cl. The number of piperidine rings is 1. The Labute approximate surface area is 135 Å². The third kappa shape index (κ3) is 3.74. The van der Waals surface area contributed by atoms with Gasteiger partial charge in [0.25, 0.3) is 5.91 Å². The lowest BCUT2D eigenvalue weighted by Crippen LogP contribution is -2.54. The molecule has 20 heavy (non-hydrogen) atoms. The molecule has 1 aliphatic heterocycles. The lowest BCUT2D eigenvalue weighted by Gasteiger charge is -2.42. The Morgan fingerprint density at radius 1 is 1.40 bits per heavy atom. The molecule has 2 N–H and O–H groups in total. The molecule has 0 spiro atoms. The van der Waals surface area contributed by atoms with E-state index in [9.17, 15) is 4.79 Å². The number of amides is 1. The van der Waals surface area contributed by atoms with Crippen molar-refractivity contribution in [2.45, 2.75) is 33.2 Å². The molecule has 0 aromatic heterocycles. The number of benzene rings is 1. The first-order valence-electron chi connectivity index (χ1n) is 6.62. The van der Waals surface area contributed by atoms with E-state index in [-0.39, 0.29) is 29.8 Å². The zero-order valence-corrected chi connectivity index (χ0v) is 14.6. The molecule has 112 valence electrons. The Kier molecular flexibility index (Phi) is 5.64. The van der Waals surface area contributed by atoms with Crippen LogP contribution in [0, 0.1) is 12.3 Å². The largest absolute Gasteiger partial charge is 0.338 e. The summed E-state index contributed by atoms with van der Waals surface area (Å²) in [6.07, 6.45) is 0.867. The monoisotopic (exact) mass is 360 g/mol. The van der Waals surface area contributed by atoms with Crippen molar-refractivity contribution in [3.63, 3.8) is 0 Å². The molecular weight excluding hydrogens is 340 g/mol. The number of carbonyl (C=O) groups excluding carboxylic acids is 1. The van der Waals surface area contributed by atoms with Gasteiger partial charge < -0.3 is 10.6 Å². The van der Waals surface area contributed by atoms with Crippen molar-refractivity contribution in [2.75, 3.05) is 13.1 Å². The second-order valence-corrected chi connectivity index (χ2v) is 7.04. The van der Waals surface area contributed by atoms with Gasteiger partial charge in [-0.05, 0) is 42.5 Å². The number of likely N-dealkylation sites (tertiary alicyclic amines) is 1. The molecule has 0 bridgehead atoms. The number of nitrogens with two attached hydrogens (primary N) is 1. The van der Waals surface area contributed by atoms with Gasteiger partial charge in [0.1, 0.15) is 0 Å². The minimum absolute atomic E-state index is 0. The summed E-state index contributed by atoms with van der Waals surface area (Å²) in [7, 11) is 0. The predicted molar refractivity (Wildman–Crippen MR) is 88.4 cm³/mol. The lowest BCUT2D eigenvalue weighted by molar-refractivity contribution is 0.0533. The fourth-order valence-corrected chi connectivity index (χ4v) is 3.20. The van der Waals surface area contributed by atoms with Gasteiger partial charge in [-0.3, -0.25) is 4.79 Å². The van der Waals surface area contributed by atoms with E-state index in [2.05, 4.69) is 29.8 Å². The number of hydrogen-bond donors (Lipinski definition) is 1. The minimum Gasteiger partial charge on any atom is -0.338 e. The first-order chi connectivity index (χ1) is 8.79. The Morgan fingerprint density at radius 2 is 2.05 bits per heavy atom. The molecule has 1 unspecified atom stereocenters.